The third kappa shape index (κ3) is 5.05. The number of nitrogens with zero attached hydrogens (tertiary/aromatic N) is 3. The molecule has 2 aromatic rings. The van der Waals surface area contributed by atoms with Gasteiger partial charge in [-0.2, -0.15) is 0 Å². The molecule has 3 heterocycles. The Morgan fingerprint density at radius 2 is 1.97 bits per heavy atom. The molecule has 0 atom stereocenters. The third-order valence-corrected chi connectivity index (χ3v) is 6.73. The molecule has 0 unspecified atom stereocenters. The summed E-state index contributed by atoms with van der Waals surface area (Å²) in [5, 5.41) is 3.48. The summed E-state index contributed by atoms with van der Waals surface area (Å²) < 4.78 is 1.72. The second-order valence-corrected chi connectivity index (χ2v) is 9.81. The van der Waals surface area contributed by atoms with Crippen molar-refractivity contribution in [1.82, 2.24) is 9.55 Å². The molecule has 8 heteroatoms. The van der Waals surface area contributed by atoms with Crippen molar-refractivity contribution in [3.63, 3.8) is 0 Å². The molecule has 0 spiro atoms. The maximum atomic E-state index is 13.2. The Morgan fingerprint density at radius 1 is 1.24 bits per heavy atom. The highest BCUT2D eigenvalue weighted by atomic mass is 16.2. The molecule has 2 fully saturated rings. The second-order valence-electron chi connectivity index (χ2n) is 9.81. The SMILES string of the molecule is C=C1CCN(c2cc(NC3CCC(c4ccc(C(N)=O)nc4)CC3)c(=O)n(CC(C)C)c2)C1=O. The Balaban J connectivity index is 1.49. The summed E-state index contributed by atoms with van der Waals surface area (Å²) in [6, 6.07) is 5.60. The smallest absolute Gasteiger partial charge is 0.274 e. The van der Waals surface area contributed by atoms with E-state index in [4.69, 9.17) is 5.73 Å². The Hall–Kier alpha value is -3.42. The number of aromatic nitrogens is 2. The lowest BCUT2D eigenvalue weighted by molar-refractivity contribution is -0.114. The zero-order chi connectivity index (χ0) is 24.4. The zero-order valence-corrected chi connectivity index (χ0v) is 19.9. The van der Waals surface area contributed by atoms with Gasteiger partial charge in [-0.05, 0) is 61.6 Å². The molecule has 2 amide bonds. The molecule has 0 aromatic carbocycles. The highest BCUT2D eigenvalue weighted by molar-refractivity contribution is 6.07. The second kappa shape index (κ2) is 9.83. The molecule has 1 aliphatic heterocycles. The van der Waals surface area contributed by atoms with Gasteiger partial charge < -0.3 is 20.5 Å². The van der Waals surface area contributed by atoms with E-state index in [2.05, 4.69) is 30.7 Å². The van der Waals surface area contributed by atoms with Gasteiger partial charge in [-0.1, -0.05) is 26.5 Å². The average Bonchev–Trinajstić information content (AvgIpc) is 3.15. The number of pyridine rings is 2. The van der Waals surface area contributed by atoms with Crippen LogP contribution in [0.4, 0.5) is 11.4 Å². The molecule has 180 valence electrons. The van der Waals surface area contributed by atoms with E-state index in [0.29, 0.717) is 42.6 Å². The van der Waals surface area contributed by atoms with E-state index in [1.165, 1.54) is 0 Å². The first-order valence-electron chi connectivity index (χ1n) is 12.0. The van der Waals surface area contributed by atoms with Gasteiger partial charge in [0.05, 0.1) is 5.69 Å². The van der Waals surface area contributed by atoms with Crippen LogP contribution in [0, 0.1) is 5.92 Å². The van der Waals surface area contributed by atoms with E-state index in [-0.39, 0.29) is 23.2 Å². The number of carbonyl (C=O) groups is 2. The maximum absolute atomic E-state index is 13.2. The first kappa shape index (κ1) is 23.7. The number of nitrogens with one attached hydrogen (secondary N) is 1. The third-order valence-electron chi connectivity index (χ3n) is 6.73. The highest BCUT2D eigenvalue weighted by Crippen LogP contribution is 2.34. The predicted octanol–water partition coefficient (Wildman–Crippen LogP) is 3.43. The molecule has 3 N–H and O–H groups in total. The number of amides is 2. The fourth-order valence-corrected chi connectivity index (χ4v) is 4.88. The van der Waals surface area contributed by atoms with Crippen LogP contribution in [0.15, 0.2) is 47.5 Å². The van der Waals surface area contributed by atoms with E-state index in [1.807, 2.05) is 12.1 Å². The Kier molecular flexibility index (Phi) is 6.86. The monoisotopic (exact) mass is 463 g/mol. The lowest BCUT2D eigenvalue weighted by Gasteiger charge is -2.30. The molecular formula is C26H33N5O3. The van der Waals surface area contributed by atoms with Crippen molar-refractivity contribution in [2.24, 2.45) is 11.7 Å². The van der Waals surface area contributed by atoms with Gasteiger partial charge in [0.1, 0.15) is 11.4 Å². The summed E-state index contributed by atoms with van der Waals surface area (Å²) in [4.78, 5) is 42.9. The Bertz CT molecular complexity index is 1140. The fourth-order valence-electron chi connectivity index (χ4n) is 4.88. The number of anilines is 2. The molecule has 8 nitrogen and oxygen atoms in total. The number of nitrogens with two attached hydrogens (primary N) is 1. The van der Waals surface area contributed by atoms with Crippen molar-refractivity contribution in [3.8, 4) is 0 Å². The quantitative estimate of drug-likeness (QED) is 0.611. The maximum Gasteiger partial charge on any atom is 0.274 e. The molecule has 34 heavy (non-hydrogen) atoms. The molecule has 0 bridgehead atoms. The van der Waals surface area contributed by atoms with Crippen molar-refractivity contribution >= 4 is 23.2 Å². The van der Waals surface area contributed by atoms with Crippen LogP contribution in [0.5, 0.6) is 0 Å². The lowest BCUT2D eigenvalue weighted by atomic mass is 9.82. The van der Waals surface area contributed by atoms with E-state index in [0.717, 1.165) is 36.9 Å². The summed E-state index contributed by atoms with van der Waals surface area (Å²) in [6.07, 6.45) is 7.92. The molecule has 0 radical (unpaired) electrons. The summed E-state index contributed by atoms with van der Waals surface area (Å²) in [5.41, 5.74) is 8.49. The number of carbonyl (C=O) groups excluding carboxylic acids is 2. The number of hydrogen-bond donors (Lipinski definition) is 2. The predicted molar refractivity (Wildman–Crippen MR) is 133 cm³/mol. The van der Waals surface area contributed by atoms with Crippen LogP contribution in [0.3, 0.4) is 0 Å². The van der Waals surface area contributed by atoms with Crippen molar-refractivity contribution < 1.29 is 9.59 Å². The van der Waals surface area contributed by atoms with Crippen LogP contribution in [0.1, 0.15) is 67.9 Å². The minimum absolute atomic E-state index is 0.0590. The van der Waals surface area contributed by atoms with Crippen LogP contribution < -0.4 is 21.5 Å². The number of primary amides is 1. The van der Waals surface area contributed by atoms with Gasteiger partial charge in [0.25, 0.3) is 17.4 Å². The molecule has 1 saturated heterocycles. The lowest BCUT2D eigenvalue weighted by Crippen LogP contribution is -2.33. The average molecular weight is 464 g/mol. The summed E-state index contributed by atoms with van der Waals surface area (Å²) >= 11 is 0. The van der Waals surface area contributed by atoms with E-state index >= 15 is 0 Å². The minimum Gasteiger partial charge on any atom is -0.378 e. The van der Waals surface area contributed by atoms with Crippen LogP contribution in [0.25, 0.3) is 0 Å². The van der Waals surface area contributed by atoms with Gasteiger partial charge in [0.2, 0.25) is 0 Å². The van der Waals surface area contributed by atoms with Gasteiger partial charge in [0.15, 0.2) is 0 Å². The topological polar surface area (TPSA) is 110 Å². The van der Waals surface area contributed by atoms with E-state index < -0.39 is 5.91 Å². The fraction of sp³-hybridized carbons (Fsp3) is 0.462. The standard InChI is InChI=1S/C26H33N5O3/c1-16(2)14-30-15-21(31-11-10-17(3)25(31)33)12-23(26(30)34)29-20-7-4-18(5-8-20)19-6-9-22(24(27)32)28-13-19/h6,9,12-13,15-16,18,20,29H,3-5,7-8,10-11,14H2,1-2H3,(H2,27,32). The molecule has 2 aromatic heterocycles. The molecule has 4 rings (SSSR count). The first-order valence-corrected chi connectivity index (χ1v) is 12.0. The van der Waals surface area contributed by atoms with Crippen molar-refractivity contribution in [1.29, 1.82) is 0 Å². The zero-order valence-electron chi connectivity index (χ0n) is 19.9. The van der Waals surface area contributed by atoms with Crippen molar-refractivity contribution in [2.75, 3.05) is 16.8 Å². The first-order chi connectivity index (χ1) is 16.2. The Morgan fingerprint density at radius 3 is 2.53 bits per heavy atom. The minimum atomic E-state index is -0.523. The summed E-state index contributed by atoms with van der Waals surface area (Å²) in [6.45, 7) is 9.18. The van der Waals surface area contributed by atoms with Crippen LogP contribution in [-0.2, 0) is 11.3 Å². The number of hydrogen-bond acceptors (Lipinski definition) is 5. The van der Waals surface area contributed by atoms with Gasteiger partial charge in [-0.3, -0.25) is 19.4 Å². The van der Waals surface area contributed by atoms with E-state index in [1.54, 1.807) is 27.9 Å². The van der Waals surface area contributed by atoms with Gasteiger partial charge in [-0.15, -0.1) is 0 Å². The highest BCUT2D eigenvalue weighted by Gasteiger charge is 2.28. The Labute approximate surface area is 199 Å². The normalized spacial score (nSPS) is 20.7. The van der Waals surface area contributed by atoms with Gasteiger partial charge in [-0.25, -0.2) is 0 Å². The van der Waals surface area contributed by atoms with E-state index in [9.17, 15) is 14.4 Å². The number of rotatable bonds is 7. The van der Waals surface area contributed by atoms with Crippen molar-refractivity contribution in [3.05, 3.63) is 64.4 Å². The van der Waals surface area contributed by atoms with Crippen molar-refractivity contribution in [2.45, 2.75) is 64.5 Å². The molecule has 1 aliphatic carbocycles. The van der Waals surface area contributed by atoms with Crippen LogP contribution >= 0.6 is 0 Å². The van der Waals surface area contributed by atoms with Crippen LogP contribution in [-0.4, -0.2) is 34.0 Å². The molecule has 2 aliphatic rings. The van der Waals surface area contributed by atoms with Crippen LogP contribution in [0.2, 0.25) is 0 Å². The summed E-state index contributed by atoms with van der Waals surface area (Å²) in [5.74, 6) is 0.0709. The van der Waals surface area contributed by atoms with Gasteiger partial charge in [0, 0.05) is 37.1 Å². The molecule has 1 saturated carbocycles. The summed E-state index contributed by atoms with van der Waals surface area (Å²) in [7, 11) is 0. The van der Waals surface area contributed by atoms with Gasteiger partial charge >= 0.3 is 0 Å². The molecular weight excluding hydrogens is 430 g/mol. The largest absolute Gasteiger partial charge is 0.378 e.